The van der Waals surface area contributed by atoms with Crippen molar-refractivity contribution in [3.8, 4) is 11.1 Å². The number of anilines is 3. The van der Waals surface area contributed by atoms with Crippen LogP contribution >= 0.6 is 0 Å². The van der Waals surface area contributed by atoms with Gasteiger partial charge in [-0.2, -0.15) is 0 Å². The van der Waals surface area contributed by atoms with Crippen molar-refractivity contribution in [1.29, 1.82) is 0 Å². The summed E-state index contributed by atoms with van der Waals surface area (Å²) in [7, 11) is 0. The minimum atomic E-state index is -0.342. The van der Waals surface area contributed by atoms with Gasteiger partial charge in [-0.05, 0) is 34.9 Å². The SMILES string of the molecule is CC(C)(CO)c1ccc(Nc2cc(-c3ccc4c(c3)NC(=O)C4)cn3ccnc23)nc1. The highest BCUT2D eigenvalue weighted by atomic mass is 16.3. The largest absolute Gasteiger partial charge is 0.395 e. The average molecular weight is 413 g/mol. The predicted octanol–water partition coefficient (Wildman–Crippen LogP) is 3.90. The van der Waals surface area contributed by atoms with Gasteiger partial charge >= 0.3 is 0 Å². The molecule has 0 atom stereocenters. The van der Waals surface area contributed by atoms with Gasteiger partial charge in [0.2, 0.25) is 5.91 Å². The van der Waals surface area contributed by atoms with Crippen LogP contribution in [0.25, 0.3) is 16.8 Å². The number of carbonyl (C=O) groups excluding carboxylic acids is 1. The van der Waals surface area contributed by atoms with Gasteiger partial charge in [-0.25, -0.2) is 9.97 Å². The van der Waals surface area contributed by atoms with Crippen molar-refractivity contribution in [2.45, 2.75) is 25.7 Å². The van der Waals surface area contributed by atoms with E-state index in [-0.39, 0.29) is 17.9 Å². The lowest BCUT2D eigenvalue weighted by atomic mass is 9.87. The van der Waals surface area contributed by atoms with Crippen LogP contribution in [-0.4, -0.2) is 32.0 Å². The summed E-state index contributed by atoms with van der Waals surface area (Å²) in [6, 6.07) is 12.0. The number of nitrogens with zero attached hydrogens (tertiary/aromatic N) is 3. The molecule has 0 aliphatic carbocycles. The Morgan fingerprint density at radius 1 is 1.16 bits per heavy atom. The smallest absolute Gasteiger partial charge is 0.228 e. The number of imidazole rings is 1. The van der Waals surface area contributed by atoms with Gasteiger partial charge in [0, 0.05) is 41.5 Å². The fourth-order valence-electron chi connectivity index (χ4n) is 3.77. The summed E-state index contributed by atoms with van der Waals surface area (Å²) < 4.78 is 1.96. The Hall–Kier alpha value is -3.71. The number of hydrogen-bond donors (Lipinski definition) is 3. The Labute approximate surface area is 179 Å². The highest BCUT2D eigenvalue weighted by Crippen LogP contribution is 2.32. The summed E-state index contributed by atoms with van der Waals surface area (Å²) in [6.45, 7) is 4.01. The third kappa shape index (κ3) is 3.53. The van der Waals surface area contributed by atoms with Gasteiger partial charge in [0.05, 0.1) is 18.7 Å². The lowest BCUT2D eigenvalue weighted by Crippen LogP contribution is -2.22. The molecule has 156 valence electrons. The van der Waals surface area contributed by atoms with Gasteiger partial charge in [-0.15, -0.1) is 0 Å². The Kier molecular flexibility index (Phi) is 4.48. The second-order valence-corrected chi connectivity index (χ2v) is 8.50. The quantitative estimate of drug-likeness (QED) is 0.462. The lowest BCUT2D eigenvalue weighted by Gasteiger charge is -2.21. The molecule has 1 aliphatic heterocycles. The molecule has 3 N–H and O–H groups in total. The van der Waals surface area contributed by atoms with E-state index in [0.717, 1.165) is 39.3 Å². The monoisotopic (exact) mass is 413 g/mol. The Morgan fingerprint density at radius 2 is 2.03 bits per heavy atom. The van der Waals surface area contributed by atoms with Gasteiger partial charge in [-0.3, -0.25) is 4.79 Å². The number of pyridine rings is 2. The number of aliphatic hydroxyl groups is 1. The molecule has 0 bridgehead atoms. The number of rotatable bonds is 5. The van der Waals surface area contributed by atoms with Gasteiger partial charge < -0.3 is 20.1 Å². The molecule has 1 aromatic carbocycles. The fraction of sp³-hybridized carbons (Fsp3) is 0.208. The van der Waals surface area contributed by atoms with E-state index in [1.807, 2.05) is 67.0 Å². The zero-order chi connectivity index (χ0) is 21.6. The van der Waals surface area contributed by atoms with Crippen molar-refractivity contribution in [2.24, 2.45) is 0 Å². The summed E-state index contributed by atoms with van der Waals surface area (Å²) in [5.41, 5.74) is 6.14. The minimum Gasteiger partial charge on any atom is -0.395 e. The molecule has 0 unspecified atom stereocenters. The van der Waals surface area contributed by atoms with Gasteiger partial charge in [0.1, 0.15) is 5.82 Å². The van der Waals surface area contributed by atoms with E-state index in [9.17, 15) is 9.90 Å². The van der Waals surface area contributed by atoms with Crippen LogP contribution in [0.15, 0.2) is 61.2 Å². The molecule has 4 aromatic rings. The molecule has 0 saturated carbocycles. The van der Waals surface area contributed by atoms with E-state index in [1.165, 1.54) is 0 Å². The summed E-state index contributed by atoms with van der Waals surface area (Å²) in [6.07, 6.45) is 7.89. The Bertz CT molecular complexity index is 1290. The number of aromatic nitrogens is 3. The van der Waals surface area contributed by atoms with Crippen LogP contribution < -0.4 is 10.6 Å². The van der Waals surface area contributed by atoms with Crippen molar-refractivity contribution < 1.29 is 9.90 Å². The number of aliphatic hydroxyl groups excluding tert-OH is 1. The fourth-order valence-corrected chi connectivity index (χ4v) is 3.77. The molecule has 3 aromatic heterocycles. The number of benzene rings is 1. The Morgan fingerprint density at radius 3 is 2.81 bits per heavy atom. The molecule has 7 heteroatoms. The second kappa shape index (κ2) is 7.21. The standard InChI is InChI=1S/C24H23N5O2/c1-24(2,14-30)18-5-6-21(26-12-18)27-20-10-17(13-29-8-7-25-23(20)29)15-3-4-16-11-22(31)28-19(16)9-15/h3-10,12-13,30H,11,14H2,1-2H3,(H,26,27)(H,28,31). The van der Waals surface area contributed by atoms with E-state index >= 15 is 0 Å². The summed E-state index contributed by atoms with van der Waals surface area (Å²) in [4.78, 5) is 20.7. The molecular formula is C24H23N5O2. The van der Waals surface area contributed by atoms with E-state index in [0.29, 0.717) is 12.2 Å². The first-order valence-corrected chi connectivity index (χ1v) is 10.2. The van der Waals surface area contributed by atoms with Crippen molar-refractivity contribution in [2.75, 3.05) is 17.2 Å². The van der Waals surface area contributed by atoms with Crippen LogP contribution in [0.2, 0.25) is 0 Å². The second-order valence-electron chi connectivity index (χ2n) is 8.50. The van der Waals surface area contributed by atoms with Crippen molar-refractivity contribution in [3.63, 3.8) is 0 Å². The zero-order valence-electron chi connectivity index (χ0n) is 17.4. The topological polar surface area (TPSA) is 91.5 Å². The number of amides is 1. The summed E-state index contributed by atoms with van der Waals surface area (Å²) in [5, 5.41) is 15.9. The molecule has 7 nitrogen and oxygen atoms in total. The first-order valence-electron chi connectivity index (χ1n) is 10.2. The number of hydrogen-bond acceptors (Lipinski definition) is 5. The maximum absolute atomic E-state index is 11.7. The summed E-state index contributed by atoms with van der Waals surface area (Å²) >= 11 is 0. The maximum atomic E-state index is 11.7. The third-order valence-electron chi connectivity index (χ3n) is 5.76. The molecule has 4 heterocycles. The normalized spacial score (nSPS) is 13.3. The van der Waals surface area contributed by atoms with Crippen LogP contribution in [0, 0.1) is 0 Å². The third-order valence-corrected chi connectivity index (χ3v) is 5.76. The average Bonchev–Trinajstić information content (AvgIpc) is 3.39. The predicted molar refractivity (Wildman–Crippen MR) is 121 cm³/mol. The first kappa shape index (κ1) is 19.3. The molecule has 0 spiro atoms. The van der Waals surface area contributed by atoms with Crippen molar-refractivity contribution in [1.82, 2.24) is 14.4 Å². The highest BCUT2D eigenvalue weighted by molar-refractivity contribution is 6.00. The maximum Gasteiger partial charge on any atom is 0.228 e. The number of carbonyl (C=O) groups is 1. The van der Waals surface area contributed by atoms with Crippen molar-refractivity contribution in [3.05, 3.63) is 72.3 Å². The zero-order valence-corrected chi connectivity index (χ0v) is 17.4. The van der Waals surface area contributed by atoms with E-state index in [1.54, 1.807) is 12.4 Å². The molecule has 1 aliphatic rings. The van der Waals surface area contributed by atoms with Crippen LogP contribution in [0.4, 0.5) is 17.2 Å². The van der Waals surface area contributed by atoms with E-state index in [4.69, 9.17) is 0 Å². The molecule has 5 rings (SSSR count). The molecule has 31 heavy (non-hydrogen) atoms. The van der Waals surface area contributed by atoms with Crippen LogP contribution in [0.1, 0.15) is 25.0 Å². The molecule has 0 radical (unpaired) electrons. The van der Waals surface area contributed by atoms with Gasteiger partial charge in [0.25, 0.3) is 0 Å². The summed E-state index contributed by atoms with van der Waals surface area (Å²) in [5.74, 6) is 0.722. The van der Waals surface area contributed by atoms with Crippen LogP contribution in [-0.2, 0) is 16.6 Å². The Balaban J connectivity index is 1.51. The number of nitrogens with one attached hydrogen (secondary N) is 2. The first-order chi connectivity index (χ1) is 14.9. The van der Waals surface area contributed by atoms with Gasteiger partial charge in [0.15, 0.2) is 5.65 Å². The van der Waals surface area contributed by atoms with E-state index in [2.05, 4.69) is 20.6 Å². The molecule has 1 amide bonds. The van der Waals surface area contributed by atoms with Crippen LogP contribution in [0.3, 0.4) is 0 Å². The molecule has 0 fully saturated rings. The minimum absolute atomic E-state index is 0.0264. The number of fused-ring (bicyclic) bond motifs is 2. The lowest BCUT2D eigenvalue weighted by molar-refractivity contribution is -0.115. The van der Waals surface area contributed by atoms with Crippen LogP contribution in [0.5, 0.6) is 0 Å². The highest BCUT2D eigenvalue weighted by Gasteiger charge is 2.20. The van der Waals surface area contributed by atoms with Crippen molar-refractivity contribution >= 4 is 28.7 Å². The van der Waals surface area contributed by atoms with Gasteiger partial charge in [-0.1, -0.05) is 32.0 Å². The molecule has 0 saturated heterocycles. The van der Waals surface area contributed by atoms with E-state index < -0.39 is 0 Å². The molecular weight excluding hydrogens is 390 g/mol.